The molecule has 1 saturated heterocycles. The fraction of sp³-hybridized carbons (Fsp3) is 0.318. The zero-order valence-electron chi connectivity index (χ0n) is 16.3. The number of oxazole rings is 1. The zero-order valence-corrected chi connectivity index (χ0v) is 17.0. The summed E-state index contributed by atoms with van der Waals surface area (Å²) in [5.41, 5.74) is 3.48. The SMILES string of the molecule is O=c1[nH]c2cc(F)cc(N3CCN(CCCc4coc5ccc(Cl)cc45)CC3)c2o1. The molecule has 1 aliphatic rings. The first kappa shape index (κ1) is 19.2. The van der Waals surface area contributed by atoms with Crippen LogP contribution in [0.25, 0.3) is 22.1 Å². The number of piperazine rings is 1. The van der Waals surface area contributed by atoms with Crippen LogP contribution in [0.5, 0.6) is 0 Å². The van der Waals surface area contributed by atoms with Gasteiger partial charge in [-0.3, -0.25) is 9.88 Å². The zero-order chi connectivity index (χ0) is 20.7. The molecule has 4 aromatic rings. The molecule has 3 heterocycles. The molecule has 5 rings (SSSR count). The van der Waals surface area contributed by atoms with Gasteiger partial charge in [0.2, 0.25) is 0 Å². The topological polar surface area (TPSA) is 65.6 Å². The van der Waals surface area contributed by atoms with Gasteiger partial charge in [-0.1, -0.05) is 11.6 Å². The Morgan fingerprint density at radius 3 is 2.80 bits per heavy atom. The lowest BCUT2D eigenvalue weighted by Gasteiger charge is -2.36. The Labute approximate surface area is 176 Å². The van der Waals surface area contributed by atoms with Crippen molar-refractivity contribution in [2.45, 2.75) is 12.8 Å². The van der Waals surface area contributed by atoms with Crippen molar-refractivity contribution in [3.8, 4) is 0 Å². The predicted molar refractivity (Wildman–Crippen MR) is 115 cm³/mol. The summed E-state index contributed by atoms with van der Waals surface area (Å²) in [5, 5.41) is 1.79. The van der Waals surface area contributed by atoms with Crippen LogP contribution in [0.1, 0.15) is 12.0 Å². The van der Waals surface area contributed by atoms with Crippen molar-refractivity contribution in [2.75, 3.05) is 37.6 Å². The van der Waals surface area contributed by atoms with Gasteiger partial charge < -0.3 is 13.7 Å². The standard InChI is InChI=1S/C22H21ClFN3O3/c23-15-3-4-20-17(10-15)14(13-29-20)2-1-5-26-6-8-27(9-7-26)19-12-16(24)11-18-21(19)30-22(28)25-18/h3-4,10-13H,1-2,5-9H2,(H,25,28). The van der Waals surface area contributed by atoms with Gasteiger partial charge in [-0.15, -0.1) is 0 Å². The number of benzene rings is 2. The number of anilines is 1. The molecule has 1 fully saturated rings. The summed E-state index contributed by atoms with van der Waals surface area (Å²) in [7, 11) is 0. The number of hydrogen-bond acceptors (Lipinski definition) is 5. The van der Waals surface area contributed by atoms with E-state index >= 15 is 0 Å². The first-order chi connectivity index (χ1) is 14.6. The first-order valence-corrected chi connectivity index (χ1v) is 10.4. The van der Waals surface area contributed by atoms with Gasteiger partial charge in [0.1, 0.15) is 11.4 Å². The van der Waals surface area contributed by atoms with Crippen molar-refractivity contribution in [1.82, 2.24) is 9.88 Å². The Balaban J connectivity index is 1.20. The second-order valence-corrected chi connectivity index (χ2v) is 8.09. The summed E-state index contributed by atoms with van der Waals surface area (Å²) in [4.78, 5) is 18.5. The number of rotatable bonds is 5. The van der Waals surface area contributed by atoms with Crippen molar-refractivity contribution < 1.29 is 13.2 Å². The van der Waals surface area contributed by atoms with E-state index in [9.17, 15) is 9.18 Å². The fourth-order valence-corrected chi connectivity index (χ4v) is 4.37. The van der Waals surface area contributed by atoms with Crippen molar-refractivity contribution >= 4 is 39.4 Å². The molecule has 0 unspecified atom stereocenters. The van der Waals surface area contributed by atoms with Crippen LogP contribution in [0, 0.1) is 5.82 Å². The maximum atomic E-state index is 14.0. The van der Waals surface area contributed by atoms with E-state index in [4.69, 9.17) is 20.4 Å². The lowest BCUT2D eigenvalue weighted by atomic mass is 10.1. The predicted octanol–water partition coefficient (Wildman–Crippen LogP) is 4.41. The molecule has 1 N–H and O–H groups in total. The number of aryl methyl sites for hydroxylation is 1. The molecule has 1 aliphatic heterocycles. The molecule has 0 atom stereocenters. The maximum Gasteiger partial charge on any atom is 0.417 e. The highest BCUT2D eigenvalue weighted by molar-refractivity contribution is 6.31. The number of hydrogen-bond donors (Lipinski definition) is 1. The summed E-state index contributed by atoms with van der Waals surface area (Å²) in [5.74, 6) is -0.951. The van der Waals surface area contributed by atoms with Gasteiger partial charge in [0.15, 0.2) is 5.58 Å². The third-order valence-electron chi connectivity index (χ3n) is 5.71. The molecule has 2 aromatic carbocycles. The van der Waals surface area contributed by atoms with E-state index in [0.29, 0.717) is 21.8 Å². The highest BCUT2D eigenvalue weighted by atomic mass is 35.5. The quantitative estimate of drug-likeness (QED) is 0.509. The minimum absolute atomic E-state index is 0.385. The maximum absolute atomic E-state index is 14.0. The van der Waals surface area contributed by atoms with Crippen LogP contribution in [0.2, 0.25) is 5.02 Å². The first-order valence-electron chi connectivity index (χ1n) is 10.0. The van der Waals surface area contributed by atoms with Crippen LogP contribution in [0.15, 0.2) is 50.2 Å². The third-order valence-corrected chi connectivity index (χ3v) is 5.95. The number of aromatic amines is 1. The van der Waals surface area contributed by atoms with Crippen LogP contribution in [-0.2, 0) is 6.42 Å². The monoisotopic (exact) mass is 429 g/mol. The molecule has 0 amide bonds. The van der Waals surface area contributed by atoms with Gasteiger partial charge in [-0.05, 0) is 43.1 Å². The molecular weight excluding hydrogens is 409 g/mol. The largest absolute Gasteiger partial charge is 0.464 e. The minimum atomic E-state index is -0.566. The molecule has 30 heavy (non-hydrogen) atoms. The lowest BCUT2D eigenvalue weighted by Crippen LogP contribution is -2.46. The number of aromatic nitrogens is 1. The average molecular weight is 430 g/mol. The summed E-state index contributed by atoms with van der Waals surface area (Å²) in [6, 6.07) is 8.41. The van der Waals surface area contributed by atoms with Gasteiger partial charge in [-0.25, -0.2) is 9.18 Å². The highest BCUT2D eigenvalue weighted by Gasteiger charge is 2.21. The van der Waals surface area contributed by atoms with Crippen molar-refractivity contribution in [3.05, 3.63) is 63.5 Å². The summed E-state index contributed by atoms with van der Waals surface area (Å²) >= 11 is 6.11. The van der Waals surface area contributed by atoms with E-state index in [2.05, 4.69) is 14.8 Å². The van der Waals surface area contributed by atoms with Crippen molar-refractivity contribution in [1.29, 1.82) is 0 Å². The van der Waals surface area contributed by atoms with Gasteiger partial charge >= 0.3 is 5.76 Å². The Bertz CT molecular complexity index is 1250. The number of furan rings is 1. The van der Waals surface area contributed by atoms with E-state index in [1.807, 2.05) is 24.5 Å². The Morgan fingerprint density at radius 1 is 1.13 bits per heavy atom. The number of nitrogens with one attached hydrogen (secondary N) is 1. The van der Waals surface area contributed by atoms with Crippen LogP contribution in [0.3, 0.4) is 0 Å². The van der Waals surface area contributed by atoms with Gasteiger partial charge in [0.25, 0.3) is 0 Å². The molecule has 156 valence electrons. The fourth-order valence-electron chi connectivity index (χ4n) is 4.20. The van der Waals surface area contributed by atoms with E-state index < -0.39 is 5.76 Å². The van der Waals surface area contributed by atoms with Crippen LogP contribution in [-0.4, -0.2) is 42.6 Å². The Kier molecular flexibility index (Phi) is 5.00. The molecule has 0 saturated carbocycles. The molecule has 2 aromatic heterocycles. The van der Waals surface area contributed by atoms with Crippen LogP contribution >= 0.6 is 11.6 Å². The normalized spacial score (nSPS) is 15.5. The number of nitrogens with zero attached hydrogens (tertiary/aromatic N) is 2. The lowest BCUT2D eigenvalue weighted by molar-refractivity contribution is 0.255. The third kappa shape index (κ3) is 3.70. The number of halogens is 2. The van der Waals surface area contributed by atoms with Gasteiger partial charge in [-0.2, -0.15) is 0 Å². The van der Waals surface area contributed by atoms with Gasteiger partial charge in [0, 0.05) is 48.7 Å². The van der Waals surface area contributed by atoms with Crippen LogP contribution < -0.4 is 10.7 Å². The van der Waals surface area contributed by atoms with E-state index in [1.165, 1.54) is 17.7 Å². The second kappa shape index (κ2) is 7.81. The molecule has 0 spiro atoms. The molecule has 6 nitrogen and oxygen atoms in total. The minimum Gasteiger partial charge on any atom is -0.464 e. The molecule has 8 heteroatoms. The van der Waals surface area contributed by atoms with Crippen LogP contribution in [0.4, 0.5) is 10.1 Å². The summed E-state index contributed by atoms with van der Waals surface area (Å²) in [6.07, 6.45) is 3.75. The van der Waals surface area contributed by atoms with E-state index in [1.54, 1.807) is 0 Å². The number of H-pyrrole nitrogens is 1. The van der Waals surface area contributed by atoms with E-state index in [-0.39, 0.29) is 5.82 Å². The molecule has 0 bridgehead atoms. The smallest absolute Gasteiger partial charge is 0.417 e. The summed E-state index contributed by atoms with van der Waals surface area (Å²) in [6.45, 7) is 4.20. The highest BCUT2D eigenvalue weighted by Crippen LogP contribution is 2.28. The Hall–Kier alpha value is -2.77. The van der Waals surface area contributed by atoms with Gasteiger partial charge in [0.05, 0.1) is 17.5 Å². The Morgan fingerprint density at radius 2 is 1.97 bits per heavy atom. The second-order valence-electron chi connectivity index (χ2n) is 7.65. The number of fused-ring (bicyclic) bond motifs is 2. The summed E-state index contributed by atoms with van der Waals surface area (Å²) < 4.78 is 24.8. The molecule has 0 aliphatic carbocycles. The molecule has 0 radical (unpaired) electrons. The van der Waals surface area contributed by atoms with Crippen molar-refractivity contribution in [2.24, 2.45) is 0 Å². The molecular formula is C22H21ClFN3O3. The van der Waals surface area contributed by atoms with Crippen molar-refractivity contribution in [3.63, 3.8) is 0 Å². The van der Waals surface area contributed by atoms with E-state index in [0.717, 1.165) is 56.5 Å². The average Bonchev–Trinajstić information content (AvgIpc) is 3.30.